The van der Waals surface area contributed by atoms with E-state index in [2.05, 4.69) is 10.4 Å². The van der Waals surface area contributed by atoms with Crippen molar-refractivity contribution < 1.29 is 4.39 Å². The molecule has 1 heterocycles. The highest BCUT2D eigenvalue weighted by atomic mass is 35.5. The van der Waals surface area contributed by atoms with Gasteiger partial charge in [0.25, 0.3) is 0 Å². The number of hydrogen-bond donors (Lipinski definition) is 1. The number of rotatable bonds is 5. The molecule has 1 aromatic carbocycles. The van der Waals surface area contributed by atoms with E-state index < -0.39 is 0 Å². The SMILES string of the molecule is CCNC(c1cnn(CC)c1)c1c(F)cccc1Cl. The molecule has 3 nitrogen and oxygen atoms in total. The van der Waals surface area contributed by atoms with Gasteiger partial charge in [0, 0.05) is 28.9 Å². The van der Waals surface area contributed by atoms with E-state index in [-0.39, 0.29) is 11.9 Å². The van der Waals surface area contributed by atoms with Gasteiger partial charge in [0.15, 0.2) is 0 Å². The smallest absolute Gasteiger partial charge is 0.129 e. The van der Waals surface area contributed by atoms with Crippen LogP contribution in [-0.4, -0.2) is 16.3 Å². The lowest BCUT2D eigenvalue weighted by Crippen LogP contribution is -2.23. The van der Waals surface area contributed by atoms with Crippen LogP contribution in [0, 0.1) is 5.82 Å². The Hall–Kier alpha value is -1.39. The molecule has 0 radical (unpaired) electrons. The molecule has 0 saturated carbocycles. The molecule has 0 aliphatic carbocycles. The van der Waals surface area contributed by atoms with E-state index in [0.29, 0.717) is 17.1 Å². The van der Waals surface area contributed by atoms with Crippen LogP contribution in [0.5, 0.6) is 0 Å². The van der Waals surface area contributed by atoms with Gasteiger partial charge in [0.1, 0.15) is 5.82 Å². The van der Waals surface area contributed by atoms with Crippen molar-refractivity contribution in [2.75, 3.05) is 6.54 Å². The minimum atomic E-state index is -0.303. The third-order valence-electron chi connectivity index (χ3n) is 3.01. The molecule has 0 amide bonds. The van der Waals surface area contributed by atoms with Gasteiger partial charge in [-0.3, -0.25) is 4.68 Å². The van der Waals surface area contributed by atoms with E-state index in [1.807, 2.05) is 24.7 Å². The van der Waals surface area contributed by atoms with Gasteiger partial charge in [-0.25, -0.2) is 4.39 Å². The molecule has 0 saturated heterocycles. The number of aromatic nitrogens is 2. The molecular formula is C14H17ClFN3. The van der Waals surface area contributed by atoms with Crippen LogP contribution in [0.3, 0.4) is 0 Å². The summed E-state index contributed by atoms with van der Waals surface area (Å²) in [6, 6.07) is 4.46. The van der Waals surface area contributed by atoms with Crippen molar-refractivity contribution >= 4 is 11.6 Å². The first-order valence-corrected chi connectivity index (χ1v) is 6.74. The second-order valence-electron chi connectivity index (χ2n) is 4.26. The van der Waals surface area contributed by atoms with Crippen LogP contribution in [0.15, 0.2) is 30.6 Å². The molecule has 1 N–H and O–H groups in total. The first-order chi connectivity index (χ1) is 9.17. The molecular weight excluding hydrogens is 265 g/mol. The number of hydrogen-bond acceptors (Lipinski definition) is 2. The van der Waals surface area contributed by atoms with Gasteiger partial charge >= 0.3 is 0 Å². The summed E-state index contributed by atoms with van der Waals surface area (Å²) in [5.41, 5.74) is 1.39. The summed E-state index contributed by atoms with van der Waals surface area (Å²) in [5.74, 6) is -0.303. The van der Waals surface area contributed by atoms with E-state index in [0.717, 1.165) is 12.1 Å². The van der Waals surface area contributed by atoms with Gasteiger partial charge < -0.3 is 5.32 Å². The minimum Gasteiger partial charge on any atom is -0.306 e. The van der Waals surface area contributed by atoms with Crippen molar-refractivity contribution in [3.8, 4) is 0 Å². The van der Waals surface area contributed by atoms with Crippen LogP contribution in [-0.2, 0) is 6.54 Å². The number of aryl methyl sites for hydroxylation is 1. The average molecular weight is 282 g/mol. The quantitative estimate of drug-likeness (QED) is 0.910. The molecule has 2 rings (SSSR count). The summed E-state index contributed by atoms with van der Waals surface area (Å²) < 4.78 is 15.9. The van der Waals surface area contributed by atoms with E-state index in [1.54, 1.807) is 18.3 Å². The highest BCUT2D eigenvalue weighted by Crippen LogP contribution is 2.30. The summed E-state index contributed by atoms with van der Waals surface area (Å²) >= 11 is 6.14. The standard InChI is InChI=1S/C14H17ClFN3/c1-3-17-14(10-8-18-19(4-2)9-10)13-11(15)6-5-7-12(13)16/h5-9,14,17H,3-4H2,1-2H3. The molecule has 19 heavy (non-hydrogen) atoms. The van der Waals surface area contributed by atoms with Gasteiger partial charge in [0.05, 0.1) is 12.2 Å². The van der Waals surface area contributed by atoms with Gasteiger partial charge in [-0.15, -0.1) is 0 Å². The van der Waals surface area contributed by atoms with Crippen molar-refractivity contribution in [1.82, 2.24) is 15.1 Å². The Bertz CT molecular complexity index is 533. The van der Waals surface area contributed by atoms with Gasteiger partial charge in [-0.2, -0.15) is 5.10 Å². The fourth-order valence-corrected chi connectivity index (χ4v) is 2.35. The first kappa shape index (κ1) is 14.0. The fourth-order valence-electron chi connectivity index (χ4n) is 2.08. The molecule has 0 fully saturated rings. The van der Waals surface area contributed by atoms with Crippen LogP contribution in [0.2, 0.25) is 5.02 Å². The van der Waals surface area contributed by atoms with E-state index in [9.17, 15) is 4.39 Å². The summed E-state index contributed by atoms with van der Waals surface area (Å²) in [5, 5.41) is 7.92. The van der Waals surface area contributed by atoms with Crippen molar-refractivity contribution in [2.24, 2.45) is 0 Å². The summed E-state index contributed by atoms with van der Waals surface area (Å²) in [6.07, 6.45) is 3.66. The van der Waals surface area contributed by atoms with Crippen LogP contribution in [0.1, 0.15) is 31.0 Å². The van der Waals surface area contributed by atoms with Gasteiger partial charge in [-0.05, 0) is 25.6 Å². The number of benzene rings is 1. The normalized spacial score (nSPS) is 12.6. The second-order valence-corrected chi connectivity index (χ2v) is 4.66. The lowest BCUT2D eigenvalue weighted by atomic mass is 10.0. The van der Waals surface area contributed by atoms with Crippen LogP contribution >= 0.6 is 11.6 Å². The van der Waals surface area contributed by atoms with Crippen molar-refractivity contribution in [3.05, 3.63) is 52.6 Å². The largest absolute Gasteiger partial charge is 0.306 e. The molecule has 0 aliphatic rings. The van der Waals surface area contributed by atoms with Crippen molar-refractivity contribution in [1.29, 1.82) is 0 Å². The Morgan fingerprint density at radius 2 is 2.21 bits per heavy atom. The fraction of sp³-hybridized carbons (Fsp3) is 0.357. The molecule has 1 aromatic heterocycles. The maximum absolute atomic E-state index is 14.0. The third-order valence-corrected chi connectivity index (χ3v) is 3.34. The first-order valence-electron chi connectivity index (χ1n) is 6.37. The van der Waals surface area contributed by atoms with Gasteiger partial charge in [-0.1, -0.05) is 24.6 Å². The number of nitrogens with one attached hydrogen (secondary N) is 1. The molecule has 5 heteroatoms. The second kappa shape index (κ2) is 6.17. The summed E-state index contributed by atoms with van der Waals surface area (Å²) in [4.78, 5) is 0. The number of halogens is 2. The zero-order valence-electron chi connectivity index (χ0n) is 11.0. The van der Waals surface area contributed by atoms with Crippen LogP contribution in [0.4, 0.5) is 4.39 Å². The Labute approximate surface area is 117 Å². The Morgan fingerprint density at radius 3 is 2.79 bits per heavy atom. The molecule has 1 atom stereocenters. The molecule has 2 aromatic rings. The van der Waals surface area contributed by atoms with E-state index >= 15 is 0 Å². The molecule has 0 bridgehead atoms. The lowest BCUT2D eigenvalue weighted by molar-refractivity contribution is 0.558. The zero-order chi connectivity index (χ0) is 13.8. The highest BCUT2D eigenvalue weighted by Gasteiger charge is 2.21. The molecule has 0 spiro atoms. The Kier molecular flexibility index (Phi) is 4.56. The predicted molar refractivity (Wildman–Crippen MR) is 74.8 cm³/mol. The van der Waals surface area contributed by atoms with E-state index in [4.69, 9.17) is 11.6 Å². The molecule has 0 aliphatic heterocycles. The van der Waals surface area contributed by atoms with Crippen molar-refractivity contribution in [3.63, 3.8) is 0 Å². The van der Waals surface area contributed by atoms with Gasteiger partial charge in [0.2, 0.25) is 0 Å². The number of nitrogens with zero attached hydrogens (tertiary/aromatic N) is 2. The average Bonchev–Trinajstić information content (AvgIpc) is 2.86. The molecule has 1 unspecified atom stereocenters. The highest BCUT2D eigenvalue weighted by molar-refractivity contribution is 6.31. The summed E-state index contributed by atoms with van der Waals surface area (Å²) in [6.45, 7) is 5.48. The van der Waals surface area contributed by atoms with E-state index in [1.165, 1.54) is 6.07 Å². The van der Waals surface area contributed by atoms with Crippen LogP contribution < -0.4 is 5.32 Å². The predicted octanol–water partition coefficient (Wildman–Crippen LogP) is 3.39. The zero-order valence-corrected chi connectivity index (χ0v) is 11.8. The monoisotopic (exact) mass is 281 g/mol. The Morgan fingerprint density at radius 1 is 1.42 bits per heavy atom. The minimum absolute atomic E-state index is 0.279. The van der Waals surface area contributed by atoms with Crippen LogP contribution in [0.25, 0.3) is 0 Å². The topological polar surface area (TPSA) is 29.9 Å². The Balaban J connectivity index is 2.45. The lowest BCUT2D eigenvalue weighted by Gasteiger charge is -2.18. The maximum atomic E-state index is 14.0. The maximum Gasteiger partial charge on any atom is 0.129 e. The third kappa shape index (κ3) is 2.96. The van der Waals surface area contributed by atoms with Crippen molar-refractivity contribution in [2.45, 2.75) is 26.4 Å². The summed E-state index contributed by atoms with van der Waals surface area (Å²) in [7, 11) is 0. The molecule has 102 valence electrons.